The predicted octanol–water partition coefficient (Wildman–Crippen LogP) is 8.86. The second kappa shape index (κ2) is 10.7. The fraction of sp³-hybridized carbons (Fsp3) is 0.824. The van der Waals surface area contributed by atoms with Crippen molar-refractivity contribution in [3.05, 3.63) is 23.8 Å². The van der Waals surface area contributed by atoms with E-state index in [0.717, 1.165) is 58.4 Å². The van der Waals surface area contributed by atoms with Crippen molar-refractivity contribution >= 4 is 11.4 Å². The quantitative estimate of drug-likeness (QED) is 0.345. The maximum atomic E-state index is 6.47. The fourth-order valence-electron chi connectivity index (χ4n) is 10.4. The van der Waals surface area contributed by atoms with Crippen LogP contribution in [0.25, 0.3) is 0 Å². The van der Waals surface area contributed by atoms with E-state index in [4.69, 9.17) is 16.2 Å². The summed E-state index contributed by atoms with van der Waals surface area (Å²) in [4.78, 5) is 0. The summed E-state index contributed by atoms with van der Waals surface area (Å²) in [5.41, 5.74) is 15.7. The first-order valence-corrected chi connectivity index (χ1v) is 15.9. The average molecular weight is 509 g/mol. The Morgan fingerprint density at radius 2 is 1.54 bits per heavy atom. The molecule has 4 saturated carbocycles. The van der Waals surface area contributed by atoms with Gasteiger partial charge in [0.25, 0.3) is 0 Å². The highest BCUT2D eigenvalue weighted by molar-refractivity contribution is 5.54. The Labute approximate surface area is 227 Å². The second-order valence-electron chi connectivity index (χ2n) is 14.9. The van der Waals surface area contributed by atoms with Gasteiger partial charge >= 0.3 is 0 Å². The molecule has 0 amide bonds. The summed E-state index contributed by atoms with van der Waals surface area (Å²) >= 11 is 0. The van der Waals surface area contributed by atoms with E-state index >= 15 is 0 Å². The lowest BCUT2D eigenvalue weighted by atomic mass is 9.44. The number of fused-ring (bicyclic) bond motifs is 5. The van der Waals surface area contributed by atoms with E-state index in [1.807, 2.05) is 18.2 Å². The second-order valence-corrected chi connectivity index (χ2v) is 14.9. The minimum absolute atomic E-state index is 0.383. The first kappa shape index (κ1) is 27.4. The van der Waals surface area contributed by atoms with Crippen LogP contribution in [0.3, 0.4) is 0 Å². The number of hydrogen-bond donors (Lipinski definition) is 2. The predicted molar refractivity (Wildman–Crippen MR) is 157 cm³/mol. The molecule has 4 fully saturated rings. The molecule has 5 unspecified atom stereocenters. The highest BCUT2D eigenvalue weighted by Crippen LogP contribution is 2.68. The van der Waals surface area contributed by atoms with Gasteiger partial charge in [0.15, 0.2) is 0 Å². The normalized spacial score (nSPS) is 40.2. The summed E-state index contributed by atoms with van der Waals surface area (Å²) in [5, 5.41) is 0. The Bertz CT molecular complexity index is 908. The molecule has 3 heteroatoms. The monoisotopic (exact) mass is 508 g/mol. The van der Waals surface area contributed by atoms with Crippen molar-refractivity contribution in [2.24, 2.45) is 52.3 Å². The Morgan fingerprint density at radius 1 is 0.838 bits per heavy atom. The summed E-state index contributed by atoms with van der Waals surface area (Å²) < 4.78 is 6.47. The molecule has 4 aliphatic carbocycles. The van der Waals surface area contributed by atoms with E-state index in [-0.39, 0.29) is 0 Å². The van der Waals surface area contributed by atoms with E-state index in [0.29, 0.717) is 23.5 Å². The Morgan fingerprint density at radius 3 is 2.27 bits per heavy atom. The van der Waals surface area contributed by atoms with Gasteiger partial charge in [0.05, 0.1) is 12.7 Å². The summed E-state index contributed by atoms with van der Waals surface area (Å²) in [5.74, 6) is 6.43. The number of benzene rings is 1. The highest BCUT2D eigenvalue weighted by Gasteiger charge is 2.60. The zero-order valence-electron chi connectivity index (χ0n) is 24.6. The summed E-state index contributed by atoms with van der Waals surface area (Å²) in [6.45, 7) is 13.4. The average Bonchev–Trinajstić information content (AvgIpc) is 3.19. The van der Waals surface area contributed by atoms with Gasteiger partial charge in [-0.3, -0.25) is 0 Å². The molecular formula is C34H56N2O. The third-order valence-corrected chi connectivity index (χ3v) is 12.3. The van der Waals surface area contributed by atoms with Gasteiger partial charge < -0.3 is 16.2 Å². The van der Waals surface area contributed by atoms with Gasteiger partial charge in [0.1, 0.15) is 0 Å². The maximum absolute atomic E-state index is 6.47. The third-order valence-electron chi connectivity index (χ3n) is 12.3. The van der Waals surface area contributed by atoms with Gasteiger partial charge in [-0.25, -0.2) is 0 Å². The Hall–Kier alpha value is -1.22. The largest absolute Gasteiger partial charge is 0.399 e. The first-order valence-electron chi connectivity index (χ1n) is 15.9. The lowest BCUT2D eigenvalue weighted by Gasteiger charge is -2.61. The van der Waals surface area contributed by atoms with Crippen molar-refractivity contribution in [1.29, 1.82) is 0 Å². The van der Waals surface area contributed by atoms with Crippen LogP contribution in [-0.4, -0.2) is 6.10 Å². The van der Waals surface area contributed by atoms with Crippen LogP contribution in [0.4, 0.5) is 11.4 Å². The van der Waals surface area contributed by atoms with Crippen molar-refractivity contribution in [2.75, 3.05) is 11.5 Å². The number of hydrogen-bond acceptors (Lipinski definition) is 3. The van der Waals surface area contributed by atoms with Gasteiger partial charge in [-0.05, 0) is 134 Å². The smallest absolute Gasteiger partial charge is 0.0722 e. The van der Waals surface area contributed by atoms with Crippen molar-refractivity contribution in [1.82, 2.24) is 0 Å². The molecule has 0 spiro atoms. The molecule has 5 rings (SSSR count). The van der Waals surface area contributed by atoms with Gasteiger partial charge in [0.2, 0.25) is 0 Å². The lowest BCUT2D eigenvalue weighted by molar-refractivity contribution is -0.138. The first-order chi connectivity index (χ1) is 17.6. The minimum Gasteiger partial charge on any atom is -0.399 e. The molecule has 9 atom stereocenters. The van der Waals surface area contributed by atoms with Crippen LogP contribution in [0.2, 0.25) is 0 Å². The number of anilines is 2. The van der Waals surface area contributed by atoms with E-state index in [9.17, 15) is 0 Å². The van der Waals surface area contributed by atoms with Gasteiger partial charge in [0, 0.05) is 11.4 Å². The molecule has 1 aromatic carbocycles. The van der Waals surface area contributed by atoms with Crippen LogP contribution < -0.4 is 11.5 Å². The summed E-state index contributed by atoms with van der Waals surface area (Å²) in [6, 6.07) is 5.84. The molecular weight excluding hydrogens is 452 g/mol. The highest BCUT2D eigenvalue weighted by atomic mass is 16.5. The molecule has 37 heavy (non-hydrogen) atoms. The van der Waals surface area contributed by atoms with Crippen molar-refractivity contribution in [3.8, 4) is 0 Å². The maximum Gasteiger partial charge on any atom is 0.0722 e. The minimum atomic E-state index is 0.383. The summed E-state index contributed by atoms with van der Waals surface area (Å²) in [6.07, 6.45) is 17.3. The van der Waals surface area contributed by atoms with Crippen LogP contribution in [0.15, 0.2) is 18.2 Å². The molecule has 0 heterocycles. The number of ether oxygens (including phenoxy) is 1. The lowest BCUT2D eigenvalue weighted by Crippen LogP contribution is -2.54. The topological polar surface area (TPSA) is 61.3 Å². The van der Waals surface area contributed by atoms with Crippen LogP contribution in [0, 0.1) is 52.3 Å². The Kier molecular flexibility index (Phi) is 7.94. The van der Waals surface area contributed by atoms with Gasteiger partial charge in [-0.15, -0.1) is 0 Å². The van der Waals surface area contributed by atoms with Gasteiger partial charge in [-0.1, -0.05) is 53.9 Å². The molecule has 4 aliphatic rings. The van der Waals surface area contributed by atoms with Crippen LogP contribution in [0.5, 0.6) is 0 Å². The molecule has 0 aliphatic heterocycles. The SMILES string of the molecule is CC(C)CCC[C@@H](C)[C@H]1CCC2C3CCC4CC(OCc5cc(N)cc(N)c5)CC[C@]4(C)C3CC[C@@]21C. The standard InChI is InChI=1S/C34H56N2O/c1-22(2)7-6-8-23(3)30-11-12-31-29-10-9-25-19-28(37-21-24-17-26(35)20-27(36)18-24)13-15-33(25,4)32(29)14-16-34(30,31)5/h17-18,20,22-23,25,28-32H,6-16,19,21,35-36H2,1-5H3/t23-,25?,28?,29?,30-,31?,32?,33+,34-/m1/s1. The van der Waals surface area contributed by atoms with Crippen LogP contribution >= 0.6 is 0 Å². The molecule has 4 N–H and O–H groups in total. The van der Waals surface area contributed by atoms with Crippen molar-refractivity contribution in [3.63, 3.8) is 0 Å². The van der Waals surface area contributed by atoms with Crippen LogP contribution in [0.1, 0.15) is 117 Å². The third kappa shape index (κ3) is 5.32. The molecule has 0 saturated heterocycles. The van der Waals surface area contributed by atoms with Gasteiger partial charge in [-0.2, -0.15) is 0 Å². The number of rotatable bonds is 8. The summed E-state index contributed by atoms with van der Waals surface area (Å²) in [7, 11) is 0. The molecule has 0 bridgehead atoms. The molecule has 3 nitrogen and oxygen atoms in total. The fourth-order valence-corrected chi connectivity index (χ4v) is 10.4. The van der Waals surface area contributed by atoms with Crippen molar-refractivity contribution in [2.45, 2.75) is 124 Å². The molecule has 0 radical (unpaired) electrons. The number of nitrogen functional groups attached to an aromatic ring is 2. The zero-order chi connectivity index (χ0) is 26.4. The van der Waals surface area contributed by atoms with Crippen molar-refractivity contribution < 1.29 is 4.74 Å². The molecule has 1 aromatic rings. The number of nitrogens with two attached hydrogens (primary N) is 2. The van der Waals surface area contributed by atoms with E-state index in [1.54, 1.807) is 0 Å². The zero-order valence-corrected chi connectivity index (χ0v) is 24.6. The van der Waals surface area contributed by atoms with E-state index in [2.05, 4.69) is 34.6 Å². The van der Waals surface area contributed by atoms with E-state index < -0.39 is 0 Å². The van der Waals surface area contributed by atoms with E-state index in [1.165, 1.54) is 77.0 Å². The van der Waals surface area contributed by atoms with Crippen LogP contribution in [-0.2, 0) is 11.3 Å². The molecule has 208 valence electrons. The Balaban J connectivity index is 1.20. The molecule has 0 aromatic heterocycles.